The highest BCUT2D eigenvalue weighted by atomic mass is 19.1. The molecule has 2 aromatic heterocycles. The lowest BCUT2D eigenvalue weighted by atomic mass is 10.0. The van der Waals surface area contributed by atoms with E-state index in [2.05, 4.69) is 19.9 Å². The summed E-state index contributed by atoms with van der Waals surface area (Å²) in [6, 6.07) is 3.14. The highest BCUT2D eigenvalue weighted by Crippen LogP contribution is 2.19. The molecule has 0 radical (unpaired) electrons. The van der Waals surface area contributed by atoms with E-state index >= 15 is 0 Å². The van der Waals surface area contributed by atoms with Gasteiger partial charge < -0.3 is 4.98 Å². The third-order valence-electron chi connectivity index (χ3n) is 5.10. The monoisotopic (exact) mass is 355 g/mol. The number of nitrogens with zero attached hydrogens (tertiary/aromatic N) is 4. The van der Waals surface area contributed by atoms with Crippen LogP contribution in [-0.4, -0.2) is 38.7 Å². The molecule has 0 aliphatic carbocycles. The number of fused-ring (bicyclic) bond motifs is 1. The summed E-state index contributed by atoms with van der Waals surface area (Å²) in [5.74, 6) is 0.175. The maximum atomic E-state index is 13.2. The topological polar surface area (TPSA) is 74.2 Å². The fraction of sp³-hybridized carbons (Fsp3) is 0.474. The molecule has 4 rings (SSSR count). The van der Waals surface area contributed by atoms with Crippen molar-refractivity contribution in [3.8, 4) is 0 Å². The van der Waals surface area contributed by atoms with Gasteiger partial charge in [0.25, 0.3) is 5.56 Å². The average molecular weight is 355 g/mol. The second-order valence-corrected chi connectivity index (χ2v) is 6.96. The molecule has 0 spiro atoms. The molecule has 0 atom stereocenters. The van der Waals surface area contributed by atoms with Crippen molar-refractivity contribution in [3.05, 3.63) is 56.8 Å². The number of hydrogen-bond donors (Lipinski definition) is 1. The lowest BCUT2D eigenvalue weighted by Gasteiger charge is -2.28. The Morgan fingerprint density at radius 1 is 1.23 bits per heavy atom. The Balaban J connectivity index is 1.55. The Kier molecular flexibility index (Phi) is 4.63. The van der Waals surface area contributed by atoms with Crippen molar-refractivity contribution >= 4 is 5.71 Å². The van der Waals surface area contributed by atoms with Crippen LogP contribution < -0.4 is 5.56 Å². The van der Waals surface area contributed by atoms with Crippen LogP contribution in [0.1, 0.15) is 47.6 Å². The second-order valence-electron chi connectivity index (χ2n) is 6.96. The summed E-state index contributed by atoms with van der Waals surface area (Å²) in [6.45, 7) is 4.62. The molecule has 1 N–H and O–H groups in total. The first-order chi connectivity index (χ1) is 12.6. The number of rotatable bonds is 3. The Labute approximate surface area is 151 Å². The van der Waals surface area contributed by atoms with Crippen LogP contribution in [-0.2, 0) is 19.5 Å². The summed E-state index contributed by atoms with van der Waals surface area (Å²) >= 11 is 0. The van der Waals surface area contributed by atoms with E-state index in [1.54, 1.807) is 6.07 Å². The van der Waals surface area contributed by atoms with Crippen LogP contribution >= 0.6 is 0 Å². The maximum Gasteiger partial charge on any atom is 0.255 e. The highest BCUT2D eigenvalue weighted by Gasteiger charge is 2.23. The van der Waals surface area contributed by atoms with Crippen molar-refractivity contribution in [1.82, 2.24) is 19.9 Å². The third-order valence-corrected chi connectivity index (χ3v) is 5.10. The van der Waals surface area contributed by atoms with E-state index in [-0.39, 0.29) is 5.56 Å². The van der Waals surface area contributed by atoms with Gasteiger partial charge in [-0.3, -0.25) is 14.7 Å². The molecular formula is C19H22FN5O. The molecule has 0 bridgehead atoms. The van der Waals surface area contributed by atoms with E-state index in [4.69, 9.17) is 4.98 Å². The Morgan fingerprint density at radius 2 is 2.12 bits per heavy atom. The van der Waals surface area contributed by atoms with Crippen molar-refractivity contribution in [1.29, 1.82) is 0 Å². The van der Waals surface area contributed by atoms with Gasteiger partial charge in [0, 0.05) is 38.3 Å². The van der Waals surface area contributed by atoms with E-state index < -0.39 is 5.95 Å². The van der Waals surface area contributed by atoms with E-state index in [1.807, 2.05) is 6.92 Å². The molecule has 0 saturated carbocycles. The first kappa shape index (κ1) is 17.0. The smallest absolute Gasteiger partial charge is 0.255 e. The number of aromatic nitrogens is 3. The van der Waals surface area contributed by atoms with E-state index in [9.17, 15) is 9.18 Å². The van der Waals surface area contributed by atoms with Crippen LogP contribution in [0.3, 0.4) is 0 Å². The van der Waals surface area contributed by atoms with Crippen LogP contribution in [0.4, 0.5) is 4.39 Å². The lowest BCUT2D eigenvalue weighted by molar-refractivity contribution is 0.240. The Hall–Kier alpha value is -2.41. The molecule has 0 aromatic carbocycles. The highest BCUT2D eigenvalue weighted by molar-refractivity contribution is 5.97. The summed E-state index contributed by atoms with van der Waals surface area (Å²) in [6.07, 6.45) is 3.81. The summed E-state index contributed by atoms with van der Waals surface area (Å²) in [4.78, 5) is 30.8. The normalized spacial score (nSPS) is 17.7. The molecular weight excluding hydrogens is 333 g/mol. The molecule has 26 heavy (non-hydrogen) atoms. The molecule has 0 fully saturated rings. The first-order valence-electron chi connectivity index (χ1n) is 9.10. The minimum atomic E-state index is -0.464. The number of aryl methyl sites for hydroxylation is 1. The Morgan fingerprint density at radius 3 is 2.88 bits per heavy atom. The summed E-state index contributed by atoms with van der Waals surface area (Å²) in [5.41, 5.74) is 4.12. The van der Waals surface area contributed by atoms with Gasteiger partial charge in [-0.15, -0.1) is 0 Å². The van der Waals surface area contributed by atoms with Crippen LogP contribution in [0.25, 0.3) is 0 Å². The molecule has 2 aliphatic heterocycles. The van der Waals surface area contributed by atoms with Crippen molar-refractivity contribution in [2.45, 2.75) is 45.7 Å². The number of nitrogens with one attached hydrogen (secondary N) is 1. The maximum absolute atomic E-state index is 13.2. The van der Waals surface area contributed by atoms with Crippen LogP contribution in [0.5, 0.6) is 0 Å². The van der Waals surface area contributed by atoms with E-state index in [0.717, 1.165) is 61.3 Å². The predicted molar refractivity (Wildman–Crippen MR) is 96.9 cm³/mol. The molecule has 2 aliphatic rings. The van der Waals surface area contributed by atoms with Gasteiger partial charge in [0.1, 0.15) is 0 Å². The summed E-state index contributed by atoms with van der Waals surface area (Å²) < 4.78 is 13.2. The van der Waals surface area contributed by atoms with Crippen LogP contribution in [0, 0.1) is 12.9 Å². The first-order valence-corrected chi connectivity index (χ1v) is 9.10. The molecule has 4 heterocycles. The predicted octanol–water partition coefficient (Wildman–Crippen LogP) is 2.14. The molecule has 0 saturated heterocycles. The van der Waals surface area contributed by atoms with Crippen molar-refractivity contribution < 1.29 is 4.39 Å². The van der Waals surface area contributed by atoms with Crippen LogP contribution in [0.15, 0.2) is 21.9 Å². The zero-order valence-corrected chi connectivity index (χ0v) is 14.9. The summed E-state index contributed by atoms with van der Waals surface area (Å²) in [5, 5.41) is 0. The molecule has 0 amide bonds. The zero-order valence-electron chi connectivity index (χ0n) is 14.9. The van der Waals surface area contributed by atoms with Gasteiger partial charge in [-0.2, -0.15) is 4.39 Å². The number of pyridine rings is 1. The van der Waals surface area contributed by atoms with Gasteiger partial charge >= 0.3 is 0 Å². The van der Waals surface area contributed by atoms with E-state index in [1.165, 1.54) is 6.07 Å². The van der Waals surface area contributed by atoms with Gasteiger partial charge in [-0.1, -0.05) is 6.07 Å². The van der Waals surface area contributed by atoms with Gasteiger partial charge in [0.2, 0.25) is 5.95 Å². The second kappa shape index (κ2) is 7.07. The van der Waals surface area contributed by atoms with Gasteiger partial charge in [0.05, 0.1) is 17.0 Å². The number of aromatic amines is 1. The number of H-pyrrole nitrogens is 1. The number of hydrogen-bond acceptors (Lipinski definition) is 5. The quantitative estimate of drug-likeness (QED) is 0.856. The average Bonchev–Trinajstić information content (AvgIpc) is 2.65. The van der Waals surface area contributed by atoms with Crippen molar-refractivity contribution in [3.63, 3.8) is 0 Å². The molecule has 6 nitrogen and oxygen atoms in total. The van der Waals surface area contributed by atoms with Crippen molar-refractivity contribution in [2.75, 3.05) is 13.1 Å². The zero-order chi connectivity index (χ0) is 18.1. The third kappa shape index (κ3) is 3.44. The van der Waals surface area contributed by atoms with Crippen molar-refractivity contribution in [2.24, 2.45) is 4.99 Å². The molecule has 0 unspecified atom stereocenters. The SMILES string of the molecule is Cc1nc(F)ccc1CN1CCc2nc(C3=NCCCC3)[nH]c(=O)c2C1. The number of halogens is 1. The molecule has 2 aromatic rings. The Bertz CT molecular complexity index is 921. The van der Waals surface area contributed by atoms with Gasteiger partial charge in [-0.25, -0.2) is 9.97 Å². The minimum absolute atomic E-state index is 0.0723. The van der Waals surface area contributed by atoms with E-state index in [0.29, 0.717) is 24.6 Å². The van der Waals surface area contributed by atoms with Crippen LogP contribution in [0.2, 0.25) is 0 Å². The number of aliphatic imine (C=N–C) groups is 1. The van der Waals surface area contributed by atoms with Gasteiger partial charge in [0.15, 0.2) is 5.82 Å². The lowest BCUT2D eigenvalue weighted by Crippen LogP contribution is -2.36. The molecule has 136 valence electrons. The summed E-state index contributed by atoms with van der Waals surface area (Å²) in [7, 11) is 0. The minimum Gasteiger partial charge on any atom is -0.305 e. The standard InChI is InChI=1S/C19H22FN5O/c1-12-13(5-6-17(20)22-12)10-25-9-7-15-14(11-25)19(26)24-18(23-15)16-4-2-3-8-21-16/h5-6H,2-4,7-11H2,1H3,(H,23,24,26). The fourth-order valence-electron chi connectivity index (χ4n) is 3.61. The van der Waals surface area contributed by atoms with Gasteiger partial charge in [-0.05, 0) is 37.8 Å². The molecule has 7 heteroatoms. The fourth-order valence-corrected chi connectivity index (χ4v) is 3.61. The largest absolute Gasteiger partial charge is 0.305 e.